The molecule has 0 unspecified atom stereocenters. The van der Waals surface area contributed by atoms with E-state index in [1.54, 1.807) is 0 Å². The molecule has 1 aromatic heterocycles. The Labute approximate surface area is 144 Å². The van der Waals surface area contributed by atoms with E-state index in [1.165, 1.54) is 32.1 Å². The minimum absolute atomic E-state index is 0.0926. The van der Waals surface area contributed by atoms with E-state index in [1.807, 2.05) is 17.9 Å². The average molecular weight is 334 g/mol. The van der Waals surface area contributed by atoms with Gasteiger partial charge in [-0.1, -0.05) is 19.3 Å². The van der Waals surface area contributed by atoms with Gasteiger partial charge in [-0.2, -0.15) is 5.10 Å². The third kappa shape index (κ3) is 4.16. The first-order valence-electron chi connectivity index (χ1n) is 9.30. The fourth-order valence-electron chi connectivity index (χ4n) is 4.05. The highest BCUT2D eigenvalue weighted by Crippen LogP contribution is 2.28. The van der Waals surface area contributed by atoms with Crippen LogP contribution in [0.25, 0.3) is 0 Å². The molecule has 6 heteroatoms. The van der Waals surface area contributed by atoms with E-state index in [-0.39, 0.29) is 5.91 Å². The van der Waals surface area contributed by atoms with E-state index in [9.17, 15) is 9.90 Å². The predicted octanol–water partition coefficient (Wildman–Crippen LogP) is 1.74. The molecular weight excluding hydrogens is 304 g/mol. The van der Waals surface area contributed by atoms with E-state index in [2.05, 4.69) is 15.5 Å². The number of rotatable bonds is 6. The molecule has 6 nitrogen and oxygen atoms in total. The van der Waals surface area contributed by atoms with Crippen LogP contribution in [0.2, 0.25) is 0 Å². The number of hydrogen-bond donors (Lipinski definition) is 3. The number of piperidine rings is 1. The van der Waals surface area contributed by atoms with Gasteiger partial charge in [-0.05, 0) is 44.6 Å². The van der Waals surface area contributed by atoms with Gasteiger partial charge in [0.1, 0.15) is 0 Å². The van der Waals surface area contributed by atoms with Crippen LogP contribution in [0.3, 0.4) is 0 Å². The van der Waals surface area contributed by atoms with Gasteiger partial charge < -0.3 is 15.3 Å². The van der Waals surface area contributed by atoms with Crippen molar-refractivity contribution in [3.05, 3.63) is 17.5 Å². The normalized spacial score (nSPS) is 26.1. The maximum Gasteiger partial charge on any atom is 0.255 e. The first-order chi connectivity index (χ1) is 11.6. The minimum atomic E-state index is -1.27. The van der Waals surface area contributed by atoms with Crippen molar-refractivity contribution >= 4 is 5.91 Å². The van der Waals surface area contributed by atoms with Gasteiger partial charge in [0, 0.05) is 31.9 Å². The monoisotopic (exact) mass is 334 g/mol. The molecular formula is C18H30N4O2. The molecule has 1 atom stereocenters. The van der Waals surface area contributed by atoms with Gasteiger partial charge in [0.25, 0.3) is 5.91 Å². The Hall–Kier alpha value is -1.40. The topological polar surface area (TPSA) is 81.2 Å². The molecule has 1 aromatic rings. The number of carbonyl (C=O) groups excluding carboxylic acids is 1. The summed E-state index contributed by atoms with van der Waals surface area (Å²) in [4.78, 5) is 14.7. The smallest absolute Gasteiger partial charge is 0.255 e. The van der Waals surface area contributed by atoms with Crippen molar-refractivity contribution < 1.29 is 9.90 Å². The third-order valence-electron chi connectivity index (χ3n) is 5.39. The van der Waals surface area contributed by atoms with Crippen LogP contribution in [-0.4, -0.2) is 51.3 Å². The number of amides is 1. The number of carbonyl (C=O) groups is 1. The van der Waals surface area contributed by atoms with Crippen molar-refractivity contribution in [3.63, 3.8) is 0 Å². The van der Waals surface area contributed by atoms with Gasteiger partial charge in [-0.25, -0.2) is 0 Å². The molecule has 1 amide bonds. The van der Waals surface area contributed by atoms with E-state index in [0.29, 0.717) is 25.4 Å². The van der Waals surface area contributed by atoms with Crippen LogP contribution >= 0.6 is 0 Å². The zero-order valence-electron chi connectivity index (χ0n) is 14.7. The lowest BCUT2D eigenvalue weighted by molar-refractivity contribution is -0.157. The van der Waals surface area contributed by atoms with E-state index >= 15 is 0 Å². The van der Waals surface area contributed by atoms with Crippen LogP contribution in [0.1, 0.15) is 56.3 Å². The number of H-pyrrole nitrogens is 1. The SMILES string of the molecule is Cc1cc(CNC[C@]2(O)CCCN(CC3CCCCC3)C2=O)n[nH]1. The number of aliphatic hydroxyl groups is 1. The second kappa shape index (κ2) is 7.66. The molecule has 0 bridgehead atoms. The highest BCUT2D eigenvalue weighted by molar-refractivity contribution is 5.86. The Morgan fingerprint density at radius 2 is 2.17 bits per heavy atom. The number of aryl methyl sites for hydroxylation is 1. The fraction of sp³-hybridized carbons (Fsp3) is 0.778. The summed E-state index contributed by atoms with van der Waals surface area (Å²) in [7, 11) is 0. The van der Waals surface area contributed by atoms with Crippen molar-refractivity contribution in [3.8, 4) is 0 Å². The molecule has 2 fully saturated rings. The van der Waals surface area contributed by atoms with E-state index in [4.69, 9.17) is 0 Å². The molecule has 3 rings (SSSR count). The molecule has 1 saturated heterocycles. The Morgan fingerprint density at radius 1 is 1.38 bits per heavy atom. The number of nitrogens with zero attached hydrogens (tertiary/aromatic N) is 2. The molecule has 1 aliphatic carbocycles. The summed E-state index contributed by atoms with van der Waals surface area (Å²) in [5, 5.41) is 21.1. The second-order valence-corrected chi connectivity index (χ2v) is 7.54. The standard InChI is InChI=1S/C18H30N4O2/c1-14-10-16(21-20-14)11-19-13-18(24)8-5-9-22(17(18)23)12-15-6-3-2-4-7-15/h10,15,19,24H,2-9,11-13H2,1H3,(H,20,21)/t18-/m1/s1. The molecule has 0 spiro atoms. The molecule has 0 radical (unpaired) electrons. The summed E-state index contributed by atoms with van der Waals surface area (Å²) in [6.45, 7) is 4.41. The fourth-order valence-corrected chi connectivity index (χ4v) is 4.05. The Kier molecular flexibility index (Phi) is 5.56. The lowest BCUT2D eigenvalue weighted by Crippen LogP contribution is -2.58. The first kappa shape index (κ1) is 17.4. The largest absolute Gasteiger partial charge is 0.379 e. The molecule has 2 heterocycles. The molecule has 0 aromatic carbocycles. The molecule has 2 aliphatic rings. The number of aromatic amines is 1. The Bertz CT molecular complexity index is 553. The quantitative estimate of drug-likeness (QED) is 0.740. The average Bonchev–Trinajstić information content (AvgIpc) is 2.98. The molecule has 134 valence electrons. The molecule has 3 N–H and O–H groups in total. The highest BCUT2D eigenvalue weighted by atomic mass is 16.3. The number of likely N-dealkylation sites (tertiary alicyclic amines) is 1. The van der Waals surface area contributed by atoms with Crippen LogP contribution in [0.15, 0.2) is 6.07 Å². The summed E-state index contributed by atoms with van der Waals surface area (Å²) < 4.78 is 0. The zero-order valence-corrected chi connectivity index (χ0v) is 14.7. The van der Waals surface area contributed by atoms with Crippen molar-refractivity contribution in [2.24, 2.45) is 5.92 Å². The van der Waals surface area contributed by atoms with Gasteiger partial charge in [-0.15, -0.1) is 0 Å². The number of hydrogen-bond acceptors (Lipinski definition) is 4. The van der Waals surface area contributed by atoms with Crippen LogP contribution in [0.5, 0.6) is 0 Å². The lowest BCUT2D eigenvalue weighted by atomic mass is 9.86. The van der Waals surface area contributed by atoms with E-state index < -0.39 is 5.60 Å². The first-order valence-corrected chi connectivity index (χ1v) is 9.30. The summed E-state index contributed by atoms with van der Waals surface area (Å²) in [5.41, 5.74) is 0.648. The summed E-state index contributed by atoms with van der Waals surface area (Å²) in [5.74, 6) is 0.523. The van der Waals surface area contributed by atoms with Crippen LogP contribution < -0.4 is 5.32 Å². The van der Waals surface area contributed by atoms with Gasteiger partial charge >= 0.3 is 0 Å². The van der Waals surface area contributed by atoms with Crippen molar-refractivity contribution in [1.82, 2.24) is 20.4 Å². The maximum atomic E-state index is 12.8. The van der Waals surface area contributed by atoms with Crippen LogP contribution in [0, 0.1) is 12.8 Å². The maximum absolute atomic E-state index is 12.8. The zero-order chi connectivity index (χ0) is 17.0. The Morgan fingerprint density at radius 3 is 2.88 bits per heavy atom. The summed E-state index contributed by atoms with van der Waals surface area (Å²) in [6, 6.07) is 1.97. The second-order valence-electron chi connectivity index (χ2n) is 7.54. The van der Waals surface area contributed by atoms with Crippen LogP contribution in [-0.2, 0) is 11.3 Å². The predicted molar refractivity (Wildman–Crippen MR) is 92.4 cm³/mol. The Balaban J connectivity index is 1.52. The molecule has 24 heavy (non-hydrogen) atoms. The minimum Gasteiger partial charge on any atom is -0.379 e. The third-order valence-corrected chi connectivity index (χ3v) is 5.39. The number of nitrogens with one attached hydrogen (secondary N) is 2. The van der Waals surface area contributed by atoms with Gasteiger partial charge in [-0.3, -0.25) is 9.89 Å². The van der Waals surface area contributed by atoms with E-state index in [0.717, 1.165) is 30.9 Å². The van der Waals surface area contributed by atoms with Gasteiger partial charge in [0.05, 0.1) is 5.69 Å². The van der Waals surface area contributed by atoms with Crippen molar-refractivity contribution in [1.29, 1.82) is 0 Å². The summed E-state index contributed by atoms with van der Waals surface area (Å²) >= 11 is 0. The van der Waals surface area contributed by atoms with Gasteiger partial charge in [0.15, 0.2) is 5.60 Å². The van der Waals surface area contributed by atoms with Gasteiger partial charge in [0.2, 0.25) is 0 Å². The summed E-state index contributed by atoms with van der Waals surface area (Å²) in [6.07, 6.45) is 7.74. The highest BCUT2D eigenvalue weighted by Gasteiger charge is 2.42. The molecule has 1 aliphatic heterocycles. The number of aromatic nitrogens is 2. The van der Waals surface area contributed by atoms with Crippen LogP contribution in [0.4, 0.5) is 0 Å². The molecule has 1 saturated carbocycles. The van der Waals surface area contributed by atoms with Crippen molar-refractivity contribution in [2.45, 2.75) is 64.0 Å². The lowest BCUT2D eigenvalue weighted by Gasteiger charge is -2.40. The van der Waals surface area contributed by atoms with Crippen molar-refractivity contribution in [2.75, 3.05) is 19.6 Å².